The highest BCUT2D eigenvalue weighted by Crippen LogP contribution is 2.39. The number of amides is 1. The van der Waals surface area contributed by atoms with Crippen LogP contribution in [0.5, 0.6) is 0 Å². The first-order chi connectivity index (χ1) is 10.1. The summed E-state index contributed by atoms with van der Waals surface area (Å²) in [5.74, 6) is 1.27. The first-order valence-electron chi connectivity index (χ1n) is 7.85. The van der Waals surface area contributed by atoms with E-state index in [0.29, 0.717) is 23.8 Å². The lowest BCUT2D eigenvalue weighted by atomic mass is 10.1. The Morgan fingerprint density at radius 2 is 1.86 bits per heavy atom. The quantitative estimate of drug-likeness (QED) is 0.856. The Labute approximate surface area is 131 Å². The third-order valence-electron chi connectivity index (χ3n) is 4.96. The third kappa shape index (κ3) is 3.09. The van der Waals surface area contributed by atoms with E-state index in [-0.39, 0.29) is 0 Å². The molecule has 3 unspecified atom stereocenters. The minimum absolute atomic E-state index is 0.302. The summed E-state index contributed by atoms with van der Waals surface area (Å²) < 4.78 is 0. The normalized spacial score (nSPS) is 27.5. The number of hydrogen-bond acceptors (Lipinski definition) is 2. The summed E-state index contributed by atoms with van der Waals surface area (Å²) in [5, 5.41) is 0.829. The third-order valence-corrected chi connectivity index (χ3v) is 5.30. The van der Waals surface area contributed by atoms with Gasteiger partial charge >= 0.3 is 0 Å². The number of nitrogens with zero attached hydrogens (tertiary/aromatic N) is 2. The second-order valence-electron chi connectivity index (χ2n) is 6.38. The number of hydrogen-bond donors (Lipinski definition) is 0. The number of halogens is 1. The zero-order valence-electron chi connectivity index (χ0n) is 12.8. The minimum atomic E-state index is 0.302. The number of rotatable bonds is 3. The molecule has 1 aliphatic carbocycles. The van der Waals surface area contributed by atoms with Crippen molar-refractivity contribution in [1.82, 2.24) is 9.80 Å². The van der Waals surface area contributed by atoms with Gasteiger partial charge in [0.2, 0.25) is 5.91 Å². The molecule has 21 heavy (non-hydrogen) atoms. The Kier molecular flexibility index (Phi) is 4.23. The molecule has 1 aliphatic heterocycles. The van der Waals surface area contributed by atoms with Crippen molar-refractivity contribution in [2.24, 2.45) is 11.8 Å². The summed E-state index contributed by atoms with van der Waals surface area (Å²) in [6.07, 6.45) is 1.08. The molecule has 1 heterocycles. The van der Waals surface area contributed by atoms with Gasteiger partial charge in [-0.25, -0.2) is 0 Å². The number of benzene rings is 1. The van der Waals surface area contributed by atoms with E-state index in [9.17, 15) is 4.79 Å². The molecule has 114 valence electrons. The number of piperazine rings is 1. The molecule has 0 aromatic heterocycles. The van der Waals surface area contributed by atoms with Crippen molar-refractivity contribution in [2.45, 2.75) is 26.3 Å². The molecule has 0 N–H and O–H groups in total. The van der Waals surface area contributed by atoms with Crippen LogP contribution in [0.3, 0.4) is 0 Å². The molecule has 1 saturated carbocycles. The molecule has 1 aromatic rings. The molecule has 0 radical (unpaired) electrons. The van der Waals surface area contributed by atoms with E-state index in [0.717, 1.165) is 37.6 Å². The molecule has 0 bridgehead atoms. The maximum atomic E-state index is 12.3. The zero-order chi connectivity index (χ0) is 15.0. The van der Waals surface area contributed by atoms with Crippen LogP contribution in [0.15, 0.2) is 24.3 Å². The van der Waals surface area contributed by atoms with Crippen molar-refractivity contribution < 1.29 is 4.79 Å². The average molecular weight is 307 g/mol. The smallest absolute Gasteiger partial charge is 0.226 e. The molecule has 3 nitrogen and oxygen atoms in total. The predicted octanol–water partition coefficient (Wildman–Crippen LogP) is 3.20. The molecule has 0 spiro atoms. The molecule has 1 saturated heterocycles. The molecule has 1 amide bonds. The second-order valence-corrected chi connectivity index (χ2v) is 6.79. The van der Waals surface area contributed by atoms with Crippen LogP contribution in [-0.4, -0.2) is 41.9 Å². The van der Waals surface area contributed by atoms with E-state index >= 15 is 0 Å². The van der Waals surface area contributed by atoms with E-state index < -0.39 is 0 Å². The maximum Gasteiger partial charge on any atom is 0.226 e. The molecule has 1 aromatic carbocycles. The summed E-state index contributed by atoms with van der Waals surface area (Å²) in [4.78, 5) is 16.7. The summed E-state index contributed by atoms with van der Waals surface area (Å²) in [7, 11) is 0. The number of carbonyl (C=O) groups excluding carboxylic acids is 1. The topological polar surface area (TPSA) is 23.6 Å². The van der Waals surface area contributed by atoms with E-state index in [1.54, 1.807) is 0 Å². The van der Waals surface area contributed by atoms with Gasteiger partial charge in [-0.2, -0.15) is 0 Å². The highest BCUT2D eigenvalue weighted by Gasteiger charge is 2.42. The predicted molar refractivity (Wildman–Crippen MR) is 85.3 cm³/mol. The van der Waals surface area contributed by atoms with Crippen LogP contribution in [0.4, 0.5) is 0 Å². The van der Waals surface area contributed by atoms with Gasteiger partial charge in [-0.05, 0) is 30.9 Å². The molecule has 2 fully saturated rings. The summed E-state index contributed by atoms with van der Waals surface area (Å²) in [5.41, 5.74) is 1.18. The van der Waals surface area contributed by atoms with Gasteiger partial charge in [0.15, 0.2) is 0 Å². The Bertz CT molecular complexity index is 525. The van der Waals surface area contributed by atoms with Gasteiger partial charge in [-0.15, -0.1) is 0 Å². The van der Waals surface area contributed by atoms with Gasteiger partial charge in [0.05, 0.1) is 0 Å². The van der Waals surface area contributed by atoms with Gasteiger partial charge in [0.1, 0.15) is 0 Å². The van der Waals surface area contributed by atoms with E-state index in [1.165, 1.54) is 5.56 Å². The lowest BCUT2D eigenvalue weighted by Gasteiger charge is -2.38. The molecule has 3 atom stereocenters. The monoisotopic (exact) mass is 306 g/mol. The van der Waals surface area contributed by atoms with Crippen molar-refractivity contribution in [2.75, 3.05) is 26.2 Å². The van der Waals surface area contributed by atoms with Crippen LogP contribution < -0.4 is 0 Å². The van der Waals surface area contributed by atoms with Crippen LogP contribution in [0.2, 0.25) is 5.02 Å². The van der Waals surface area contributed by atoms with Crippen molar-refractivity contribution in [1.29, 1.82) is 0 Å². The van der Waals surface area contributed by atoms with Gasteiger partial charge in [-0.3, -0.25) is 9.69 Å². The average Bonchev–Trinajstić information content (AvgIpc) is 3.23. The van der Waals surface area contributed by atoms with Crippen LogP contribution in [0.1, 0.15) is 31.9 Å². The van der Waals surface area contributed by atoms with E-state index in [1.807, 2.05) is 23.1 Å². The number of carbonyl (C=O) groups is 1. The van der Waals surface area contributed by atoms with Crippen molar-refractivity contribution >= 4 is 17.5 Å². The van der Waals surface area contributed by atoms with Crippen molar-refractivity contribution in [3.8, 4) is 0 Å². The largest absolute Gasteiger partial charge is 0.340 e. The molecular formula is C17H23ClN2O. The van der Waals surface area contributed by atoms with Crippen molar-refractivity contribution in [3.05, 3.63) is 34.9 Å². The van der Waals surface area contributed by atoms with E-state index in [2.05, 4.69) is 24.8 Å². The van der Waals surface area contributed by atoms with Gasteiger partial charge < -0.3 is 4.90 Å². The van der Waals surface area contributed by atoms with Gasteiger partial charge in [0.25, 0.3) is 0 Å². The molecular weight excluding hydrogens is 284 g/mol. The standard InChI is InChI=1S/C17H23ClN2O/c1-12-11-15(12)17(21)20-9-7-19(8-10-20)13(2)14-5-3-4-6-16(14)18/h3-6,12-13,15H,7-11H2,1-2H3. The first kappa shape index (κ1) is 14.9. The molecule has 4 heteroatoms. The Morgan fingerprint density at radius 3 is 2.43 bits per heavy atom. The SMILES string of the molecule is CC1CC1C(=O)N1CCN(C(C)c2ccccc2Cl)CC1. The fraction of sp³-hybridized carbons (Fsp3) is 0.588. The molecule has 2 aliphatic rings. The van der Waals surface area contributed by atoms with Gasteiger partial charge in [-0.1, -0.05) is 36.7 Å². The fourth-order valence-corrected chi connectivity index (χ4v) is 3.53. The van der Waals surface area contributed by atoms with Crippen LogP contribution in [0.25, 0.3) is 0 Å². The van der Waals surface area contributed by atoms with E-state index in [4.69, 9.17) is 11.6 Å². The lowest BCUT2D eigenvalue weighted by molar-refractivity contribution is -0.134. The first-order valence-corrected chi connectivity index (χ1v) is 8.23. The lowest BCUT2D eigenvalue weighted by Crippen LogP contribution is -2.49. The van der Waals surface area contributed by atoms with Crippen LogP contribution in [0, 0.1) is 11.8 Å². The summed E-state index contributed by atoms with van der Waals surface area (Å²) in [6.45, 7) is 7.91. The minimum Gasteiger partial charge on any atom is -0.340 e. The Morgan fingerprint density at radius 1 is 1.24 bits per heavy atom. The highest BCUT2D eigenvalue weighted by molar-refractivity contribution is 6.31. The maximum absolute atomic E-state index is 12.3. The van der Waals surface area contributed by atoms with Crippen molar-refractivity contribution in [3.63, 3.8) is 0 Å². The fourth-order valence-electron chi connectivity index (χ4n) is 3.24. The zero-order valence-corrected chi connectivity index (χ0v) is 13.5. The Balaban J connectivity index is 1.58. The Hall–Kier alpha value is -1.06. The molecule has 3 rings (SSSR count). The summed E-state index contributed by atoms with van der Waals surface area (Å²) in [6, 6.07) is 8.34. The summed E-state index contributed by atoms with van der Waals surface area (Å²) >= 11 is 6.29. The van der Waals surface area contributed by atoms with Gasteiger partial charge in [0, 0.05) is 43.2 Å². The van der Waals surface area contributed by atoms with Crippen LogP contribution >= 0.6 is 11.6 Å². The highest BCUT2D eigenvalue weighted by atomic mass is 35.5. The second kappa shape index (κ2) is 5.98. The van der Waals surface area contributed by atoms with Crippen LogP contribution in [-0.2, 0) is 4.79 Å².